The van der Waals surface area contributed by atoms with Gasteiger partial charge in [0.05, 0.1) is 27.9 Å². The lowest BCUT2D eigenvalue weighted by atomic mass is 10.0. The van der Waals surface area contributed by atoms with Crippen LogP contribution in [0.4, 0.5) is 0 Å². The molecule has 11 nitrogen and oxygen atoms in total. The van der Waals surface area contributed by atoms with Crippen molar-refractivity contribution >= 4 is 29.7 Å². The normalized spacial score (nSPS) is 15.5. The molecular formula is C28H34N4O7. The van der Waals surface area contributed by atoms with Crippen LogP contribution in [0.25, 0.3) is 6.08 Å². The van der Waals surface area contributed by atoms with Gasteiger partial charge in [-0.05, 0) is 42.2 Å². The predicted octanol–water partition coefficient (Wildman–Crippen LogP) is 1.05. The molecule has 0 unspecified atom stereocenters. The van der Waals surface area contributed by atoms with Crippen LogP contribution in [0.1, 0.15) is 24.0 Å². The number of carbonyl (C=O) groups excluding carboxylic acids is 4. The molecule has 1 aliphatic rings. The van der Waals surface area contributed by atoms with Crippen molar-refractivity contribution in [2.24, 2.45) is 5.73 Å². The van der Waals surface area contributed by atoms with Gasteiger partial charge < -0.3 is 35.5 Å². The Bertz CT molecular complexity index is 1190. The minimum atomic E-state index is -0.925. The maximum Gasteiger partial charge on any atom is 0.246 e. The maximum atomic E-state index is 13.3. The first-order chi connectivity index (χ1) is 18.8. The molecule has 0 radical (unpaired) electrons. The second kappa shape index (κ2) is 13.8. The van der Waals surface area contributed by atoms with Gasteiger partial charge in [-0.25, -0.2) is 0 Å². The number of hydrogen-bond donors (Lipinski definition) is 3. The number of benzene rings is 2. The van der Waals surface area contributed by atoms with Crippen LogP contribution in [0.15, 0.2) is 48.5 Å². The molecule has 4 N–H and O–H groups in total. The third-order valence-electron chi connectivity index (χ3n) is 6.32. The molecule has 39 heavy (non-hydrogen) atoms. The van der Waals surface area contributed by atoms with E-state index in [2.05, 4.69) is 10.6 Å². The number of rotatable bonds is 12. The molecule has 0 saturated carbocycles. The van der Waals surface area contributed by atoms with Gasteiger partial charge in [0.25, 0.3) is 0 Å². The van der Waals surface area contributed by atoms with Crippen molar-refractivity contribution in [1.82, 2.24) is 15.5 Å². The lowest BCUT2D eigenvalue weighted by Crippen LogP contribution is -2.54. The van der Waals surface area contributed by atoms with Gasteiger partial charge in [-0.1, -0.05) is 30.3 Å². The van der Waals surface area contributed by atoms with E-state index >= 15 is 0 Å². The number of hydrogen-bond acceptors (Lipinski definition) is 7. The van der Waals surface area contributed by atoms with Crippen LogP contribution < -0.4 is 30.6 Å². The SMILES string of the molecule is COc1cc(/C=C/C(=O)NCC(=O)N[C@@H](Cc2ccccc2)C(=O)N2CCC[C@H]2C(N)=O)cc(OC)c1OC. The Morgan fingerprint density at radius 3 is 2.31 bits per heavy atom. The fourth-order valence-corrected chi connectivity index (χ4v) is 4.42. The first kappa shape index (κ1) is 29.0. The van der Waals surface area contributed by atoms with Crippen LogP contribution in [0, 0.1) is 0 Å². The molecular weight excluding hydrogens is 504 g/mol. The molecule has 1 aliphatic heterocycles. The number of primary amides is 1. The zero-order valence-electron chi connectivity index (χ0n) is 22.3. The topological polar surface area (TPSA) is 149 Å². The number of nitrogens with one attached hydrogen (secondary N) is 2. The molecule has 2 atom stereocenters. The molecule has 4 amide bonds. The largest absolute Gasteiger partial charge is 0.493 e. The van der Waals surface area contributed by atoms with Crippen molar-refractivity contribution in [3.05, 3.63) is 59.7 Å². The van der Waals surface area contributed by atoms with Gasteiger partial charge >= 0.3 is 0 Å². The van der Waals surface area contributed by atoms with Gasteiger partial charge in [-0.2, -0.15) is 0 Å². The summed E-state index contributed by atoms with van der Waals surface area (Å²) in [7, 11) is 4.47. The quantitative estimate of drug-likeness (QED) is 0.342. The summed E-state index contributed by atoms with van der Waals surface area (Å²) in [4.78, 5) is 51.7. The number of amides is 4. The van der Waals surface area contributed by atoms with Crippen LogP contribution >= 0.6 is 0 Å². The summed E-state index contributed by atoms with van der Waals surface area (Å²) in [6.45, 7) is 0.0340. The number of ether oxygens (including phenoxy) is 3. The molecule has 0 spiro atoms. The third-order valence-corrected chi connectivity index (χ3v) is 6.32. The summed E-state index contributed by atoms with van der Waals surface area (Å²) in [6.07, 6.45) is 4.17. The van der Waals surface area contributed by atoms with E-state index in [1.165, 1.54) is 38.4 Å². The zero-order chi connectivity index (χ0) is 28.4. The Kier molecular flexibility index (Phi) is 10.3. The van der Waals surface area contributed by atoms with Crippen LogP contribution in [0.2, 0.25) is 0 Å². The second-order valence-electron chi connectivity index (χ2n) is 8.91. The minimum absolute atomic E-state index is 0.225. The number of nitrogens with zero attached hydrogens (tertiary/aromatic N) is 1. The first-order valence-corrected chi connectivity index (χ1v) is 12.5. The molecule has 1 fully saturated rings. The van der Waals surface area contributed by atoms with Gasteiger partial charge in [0, 0.05) is 19.0 Å². The summed E-state index contributed by atoms with van der Waals surface area (Å²) < 4.78 is 15.9. The van der Waals surface area contributed by atoms with E-state index in [1.807, 2.05) is 30.3 Å². The van der Waals surface area contributed by atoms with E-state index in [9.17, 15) is 19.2 Å². The van der Waals surface area contributed by atoms with Gasteiger partial charge in [-0.15, -0.1) is 0 Å². The number of likely N-dealkylation sites (tertiary alicyclic amines) is 1. The monoisotopic (exact) mass is 538 g/mol. The number of methoxy groups -OCH3 is 3. The van der Waals surface area contributed by atoms with Crippen LogP contribution in [0.3, 0.4) is 0 Å². The van der Waals surface area contributed by atoms with E-state index in [0.717, 1.165) is 5.56 Å². The summed E-state index contributed by atoms with van der Waals surface area (Å²) in [5.74, 6) is -0.733. The number of carbonyl (C=O) groups is 4. The summed E-state index contributed by atoms with van der Waals surface area (Å²) >= 11 is 0. The predicted molar refractivity (Wildman–Crippen MR) is 144 cm³/mol. The Labute approximate surface area is 227 Å². The van der Waals surface area contributed by atoms with E-state index in [-0.39, 0.29) is 18.9 Å². The van der Waals surface area contributed by atoms with Gasteiger partial charge in [0.15, 0.2) is 11.5 Å². The molecule has 1 saturated heterocycles. The summed E-state index contributed by atoms with van der Waals surface area (Å²) in [5.41, 5.74) is 6.94. The Balaban J connectivity index is 1.64. The summed E-state index contributed by atoms with van der Waals surface area (Å²) in [5, 5.41) is 5.22. The van der Waals surface area contributed by atoms with Crippen LogP contribution in [0.5, 0.6) is 17.2 Å². The van der Waals surface area contributed by atoms with E-state index < -0.39 is 29.8 Å². The smallest absolute Gasteiger partial charge is 0.246 e. The van der Waals surface area contributed by atoms with Crippen LogP contribution in [-0.4, -0.2) is 75.0 Å². The van der Waals surface area contributed by atoms with E-state index in [4.69, 9.17) is 19.9 Å². The van der Waals surface area contributed by atoms with Gasteiger partial charge in [0.2, 0.25) is 29.4 Å². The van der Waals surface area contributed by atoms with Crippen molar-refractivity contribution in [2.75, 3.05) is 34.4 Å². The number of nitrogens with two attached hydrogens (primary N) is 1. The standard InChI is InChI=1S/C28H34N4O7/c1-37-22-15-19(16-23(38-2)26(22)39-3)11-12-24(33)30-17-25(34)31-20(14-18-8-5-4-6-9-18)28(36)32-13-7-10-21(32)27(29)35/h4-6,8-9,11-12,15-16,20-21H,7,10,13-14,17H2,1-3H3,(H2,29,35)(H,30,33)(H,31,34)/b12-11+/t20-,21-/m0/s1. The molecule has 208 valence electrons. The van der Waals surface area contributed by atoms with Crippen molar-refractivity contribution in [3.8, 4) is 17.2 Å². The lowest BCUT2D eigenvalue weighted by molar-refractivity contribution is -0.140. The molecule has 2 aromatic rings. The molecule has 11 heteroatoms. The average Bonchev–Trinajstić information content (AvgIpc) is 3.44. The fraction of sp³-hybridized carbons (Fsp3) is 0.357. The lowest BCUT2D eigenvalue weighted by Gasteiger charge is -2.28. The van der Waals surface area contributed by atoms with Gasteiger partial charge in [0.1, 0.15) is 12.1 Å². The van der Waals surface area contributed by atoms with Crippen molar-refractivity contribution in [1.29, 1.82) is 0 Å². The first-order valence-electron chi connectivity index (χ1n) is 12.5. The molecule has 0 aromatic heterocycles. The third kappa shape index (κ3) is 7.73. The Morgan fingerprint density at radius 1 is 1.05 bits per heavy atom. The van der Waals surface area contributed by atoms with E-state index in [0.29, 0.717) is 42.2 Å². The fourth-order valence-electron chi connectivity index (χ4n) is 4.42. The zero-order valence-corrected chi connectivity index (χ0v) is 22.3. The molecule has 0 aliphatic carbocycles. The highest BCUT2D eigenvalue weighted by Crippen LogP contribution is 2.38. The van der Waals surface area contributed by atoms with E-state index in [1.54, 1.807) is 12.1 Å². The Morgan fingerprint density at radius 2 is 1.72 bits per heavy atom. The van der Waals surface area contributed by atoms with Crippen LogP contribution in [-0.2, 0) is 25.6 Å². The highest BCUT2D eigenvalue weighted by atomic mass is 16.5. The highest BCUT2D eigenvalue weighted by molar-refractivity contribution is 5.96. The Hall–Kier alpha value is -4.54. The second-order valence-corrected chi connectivity index (χ2v) is 8.91. The van der Waals surface area contributed by atoms with Gasteiger partial charge in [-0.3, -0.25) is 19.2 Å². The molecule has 0 bridgehead atoms. The van der Waals surface area contributed by atoms with Crippen molar-refractivity contribution in [3.63, 3.8) is 0 Å². The summed E-state index contributed by atoms with van der Waals surface area (Å²) in [6, 6.07) is 10.9. The van der Waals surface area contributed by atoms with Crippen molar-refractivity contribution < 1.29 is 33.4 Å². The van der Waals surface area contributed by atoms with Crippen molar-refractivity contribution in [2.45, 2.75) is 31.3 Å². The molecule has 2 aromatic carbocycles. The highest BCUT2D eigenvalue weighted by Gasteiger charge is 2.36. The minimum Gasteiger partial charge on any atom is -0.493 e. The molecule has 1 heterocycles. The average molecular weight is 539 g/mol. The molecule has 3 rings (SSSR count). The maximum absolute atomic E-state index is 13.3.